The number of amides is 1. The molecule has 0 unspecified atom stereocenters. The second-order valence-electron chi connectivity index (χ2n) is 4.93. The van der Waals surface area contributed by atoms with Crippen molar-refractivity contribution in [3.63, 3.8) is 0 Å². The third kappa shape index (κ3) is 5.27. The van der Waals surface area contributed by atoms with Gasteiger partial charge < -0.3 is 10.1 Å². The van der Waals surface area contributed by atoms with Crippen LogP contribution in [-0.4, -0.2) is 18.5 Å². The highest BCUT2D eigenvalue weighted by molar-refractivity contribution is 6.30. The first kappa shape index (κ1) is 17.3. The standard InChI is InChI=1S/C17H15Cl2NO3/c1-11(13-3-2-4-15(19)9-13)20-16(21)10-23-17(22)12-5-7-14(18)8-6-12/h2-9,11H,10H2,1H3,(H,20,21)/t11-/m0/s1. The fourth-order valence-corrected chi connectivity index (χ4v) is 2.27. The van der Waals surface area contributed by atoms with E-state index in [1.807, 2.05) is 13.0 Å². The van der Waals surface area contributed by atoms with Crippen molar-refractivity contribution in [1.29, 1.82) is 0 Å². The van der Waals surface area contributed by atoms with Crippen LogP contribution >= 0.6 is 23.2 Å². The third-order valence-corrected chi connectivity index (χ3v) is 3.63. The zero-order valence-corrected chi connectivity index (χ0v) is 13.9. The summed E-state index contributed by atoms with van der Waals surface area (Å²) in [6, 6.07) is 13.2. The van der Waals surface area contributed by atoms with Crippen molar-refractivity contribution in [3.05, 3.63) is 69.7 Å². The van der Waals surface area contributed by atoms with Gasteiger partial charge in [-0.3, -0.25) is 4.79 Å². The molecule has 2 aromatic carbocycles. The molecule has 0 aliphatic heterocycles. The molecule has 6 heteroatoms. The van der Waals surface area contributed by atoms with E-state index in [-0.39, 0.29) is 18.6 Å². The molecule has 0 spiro atoms. The molecule has 0 saturated carbocycles. The summed E-state index contributed by atoms with van der Waals surface area (Å²) in [5.41, 5.74) is 1.21. The van der Waals surface area contributed by atoms with Crippen molar-refractivity contribution in [1.82, 2.24) is 5.32 Å². The van der Waals surface area contributed by atoms with Gasteiger partial charge in [0.05, 0.1) is 11.6 Å². The van der Waals surface area contributed by atoms with Crippen molar-refractivity contribution < 1.29 is 14.3 Å². The van der Waals surface area contributed by atoms with Crippen molar-refractivity contribution in [2.24, 2.45) is 0 Å². The number of hydrogen-bond donors (Lipinski definition) is 1. The van der Waals surface area contributed by atoms with Crippen LogP contribution in [0.4, 0.5) is 0 Å². The van der Waals surface area contributed by atoms with Crippen LogP contribution in [0.2, 0.25) is 10.0 Å². The summed E-state index contributed by atoms with van der Waals surface area (Å²) >= 11 is 11.7. The zero-order valence-electron chi connectivity index (χ0n) is 12.4. The summed E-state index contributed by atoms with van der Waals surface area (Å²) in [6.45, 7) is 1.47. The van der Waals surface area contributed by atoms with Gasteiger partial charge in [-0.25, -0.2) is 4.79 Å². The van der Waals surface area contributed by atoms with Gasteiger partial charge in [-0.05, 0) is 48.9 Å². The van der Waals surface area contributed by atoms with Gasteiger partial charge in [-0.1, -0.05) is 35.3 Å². The summed E-state index contributed by atoms with van der Waals surface area (Å²) in [7, 11) is 0. The van der Waals surface area contributed by atoms with E-state index in [1.54, 1.807) is 30.3 Å². The third-order valence-electron chi connectivity index (χ3n) is 3.14. The summed E-state index contributed by atoms with van der Waals surface area (Å²) in [5, 5.41) is 3.86. The van der Waals surface area contributed by atoms with Crippen LogP contribution in [0.3, 0.4) is 0 Å². The van der Waals surface area contributed by atoms with E-state index in [0.29, 0.717) is 15.6 Å². The summed E-state index contributed by atoms with van der Waals surface area (Å²) < 4.78 is 4.97. The largest absolute Gasteiger partial charge is 0.452 e. The Morgan fingerprint density at radius 2 is 1.78 bits per heavy atom. The lowest BCUT2D eigenvalue weighted by Crippen LogP contribution is -2.31. The van der Waals surface area contributed by atoms with Gasteiger partial charge in [-0.15, -0.1) is 0 Å². The zero-order chi connectivity index (χ0) is 16.8. The number of nitrogens with one attached hydrogen (secondary N) is 1. The fourth-order valence-electron chi connectivity index (χ4n) is 1.94. The van der Waals surface area contributed by atoms with Crippen molar-refractivity contribution in [2.75, 3.05) is 6.61 Å². The number of hydrogen-bond acceptors (Lipinski definition) is 3. The number of rotatable bonds is 5. The minimum atomic E-state index is -0.577. The molecule has 0 aliphatic rings. The lowest BCUT2D eigenvalue weighted by molar-refractivity contribution is -0.124. The van der Waals surface area contributed by atoms with Gasteiger partial charge in [0.25, 0.3) is 5.91 Å². The van der Waals surface area contributed by atoms with Gasteiger partial charge in [0.15, 0.2) is 6.61 Å². The van der Waals surface area contributed by atoms with E-state index in [1.165, 1.54) is 12.1 Å². The highest BCUT2D eigenvalue weighted by Crippen LogP contribution is 2.17. The monoisotopic (exact) mass is 351 g/mol. The molecule has 0 radical (unpaired) electrons. The van der Waals surface area contributed by atoms with Crippen LogP contribution < -0.4 is 5.32 Å². The molecule has 0 aliphatic carbocycles. The molecule has 1 amide bonds. The number of ether oxygens (including phenoxy) is 1. The highest BCUT2D eigenvalue weighted by Gasteiger charge is 2.13. The summed E-state index contributed by atoms with van der Waals surface area (Å²) in [5.74, 6) is -0.966. The number of carbonyl (C=O) groups is 2. The molecule has 23 heavy (non-hydrogen) atoms. The van der Waals surface area contributed by atoms with Crippen molar-refractivity contribution in [3.8, 4) is 0 Å². The van der Waals surface area contributed by atoms with E-state index in [2.05, 4.69) is 5.32 Å². The SMILES string of the molecule is C[C@H](NC(=O)COC(=O)c1ccc(Cl)cc1)c1cccc(Cl)c1. The molecule has 4 nitrogen and oxygen atoms in total. The minimum absolute atomic E-state index is 0.240. The molecule has 0 fully saturated rings. The van der Waals surface area contributed by atoms with Crippen LogP contribution in [-0.2, 0) is 9.53 Å². The first-order chi connectivity index (χ1) is 11.0. The van der Waals surface area contributed by atoms with Gasteiger partial charge in [-0.2, -0.15) is 0 Å². The van der Waals surface area contributed by atoms with Crippen molar-refractivity contribution in [2.45, 2.75) is 13.0 Å². The molecular formula is C17H15Cl2NO3. The Bertz CT molecular complexity index is 701. The molecule has 2 rings (SSSR count). The molecule has 120 valence electrons. The first-order valence-electron chi connectivity index (χ1n) is 6.93. The maximum atomic E-state index is 11.9. The second-order valence-corrected chi connectivity index (χ2v) is 5.80. The molecule has 0 bridgehead atoms. The summed E-state index contributed by atoms with van der Waals surface area (Å²) in [4.78, 5) is 23.7. The van der Waals surface area contributed by atoms with Gasteiger partial charge in [0.2, 0.25) is 0 Å². The minimum Gasteiger partial charge on any atom is -0.452 e. The van der Waals surface area contributed by atoms with Crippen LogP contribution in [0.15, 0.2) is 48.5 Å². The lowest BCUT2D eigenvalue weighted by atomic mass is 10.1. The summed E-state index contributed by atoms with van der Waals surface area (Å²) in [6.07, 6.45) is 0. The Hall–Kier alpha value is -2.04. The lowest BCUT2D eigenvalue weighted by Gasteiger charge is -2.14. The van der Waals surface area contributed by atoms with E-state index in [4.69, 9.17) is 27.9 Å². The Kier molecular flexibility index (Phi) is 6.02. The van der Waals surface area contributed by atoms with Gasteiger partial charge >= 0.3 is 5.97 Å². The molecule has 0 saturated heterocycles. The van der Waals surface area contributed by atoms with Crippen LogP contribution in [0.1, 0.15) is 28.9 Å². The van der Waals surface area contributed by atoms with Crippen LogP contribution in [0, 0.1) is 0 Å². The van der Waals surface area contributed by atoms with Gasteiger partial charge in [0.1, 0.15) is 0 Å². The normalized spacial score (nSPS) is 11.6. The number of halogens is 2. The Labute approximate surface area is 144 Å². The van der Waals surface area contributed by atoms with E-state index in [9.17, 15) is 9.59 Å². The van der Waals surface area contributed by atoms with Crippen LogP contribution in [0.5, 0.6) is 0 Å². The Balaban J connectivity index is 1.85. The Morgan fingerprint density at radius 3 is 2.43 bits per heavy atom. The highest BCUT2D eigenvalue weighted by atomic mass is 35.5. The second kappa shape index (κ2) is 7.99. The van der Waals surface area contributed by atoms with Gasteiger partial charge in [0, 0.05) is 10.0 Å². The molecule has 0 heterocycles. The number of esters is 1. The number of benzene rings is 2. The fraction of sp³-hybridized carbons (Fsp3) is 0.176. The predicted octanol–water partition coefficient (Wildman–Crippen LogP) is 4.03. The molecule has 1 N–H and O–H groups in total. The van der Waals surface area contributed by atoms with Crippen LogP contribution in [0.25, 0.3) is 0 Å². The maximum absolute atomic E-state index is 11.9. The average molecular weight is 352 g/mol. The quantitative estimate of drug-likeness (QED) is 0.827. The maximum Gasteiger partial charge on any atom is 0.338 e. The molecule has 0 aromatic heterocycles. The Morgan fingerprint density at radius 1 is 1.09 bits per heavy atom. The van der Waals surface area contributed by atoms with Crippen molar-refractivity contribution >= 4 is 35.1 Å². The smallest absolute Gasteiger partial charge is 0.338 e. The first-order valence-corrected chi connectivity index (χ1v) is 7.69. The molecular weight excluding hydrogens is 337 g/mol. The molecule has 1 atom stereocenters. The van der Waals surface area contributed by atoms with E-state index in [0.717, 1.165) is 5.56 Å². The number of carbonyl (C=O) groups excluding carboxylic acids is 2. The molecule has 2 aromatic rings. The predicted molar refractivity (Wildman–Crippen MR) is 89.7 cm³/mol. The van der Waals surface area contributed by atoms with E-state index < -0.39 is 5.97 Å². The topological polar surface area (TPSA) is 55.4 Å². The van der Waals surface area contributed by atoms with E-state index >= 15 is 0 Å². The average Bonchev–Trinajstić information content (AvgIpc) is 2.53.